The number of nitrogens with zero attached hydrogens (tertiary/aromatic N) is 2. The van der Waals surface area contributed by atoms with E-state index < -0.39 is 34.3 Å². The normalized spacial score (nSPS) is 11.9. The third-order valence-electron chi connectivity index (χ3n) is 6.99. The first-order valence-corrected chi connectivity index (χ1v) is 15.0. The highest BCUT2D eigenvalue weighted by molar-refractivity contribution is 7.92. The lowest BCUT2D eigenvalue weighted by molar-refractivity contribution is -0.139. The van der Waals surface area contributed by atoms with Gasteiger partial charge in [-0.3, -0.25) is 13.9 Å². The van der Waals surface area contributed by atoms with Crippen LogP contribution in [0.25, 0.3) is 0 Å². The Balaban J connectivity index is 1.77. The fourth-order valence-corrected chi connectivity index (χ4v) is 6.00. The first kappa shape index (κ1) is 30.5. The van der Waals surface area contributed by atoms with Crippen LogP contribution in [-0.4, -0.2) is 44.8 Å². The summed E-state index contributed by atoms with van der Waals surface area (Å²) < 4.78 is 42.4. The largest absolute Gasteiger partial charge is 0.357 e. The molecule has 1 atom stereocenters. The standard InChI is InChI=1S/C33H34FN3O4S/c1-24-9-13-27(14-10-24)22-36(31(33(39)35-3)21-26-7-5-4-6-8-26)32(38)23-37(29-17-11-25(2)12-18-29)42(40,41)30-19-15-28(34)16-20-30/h4-20,31H,21-23H2,1-3H3,(H,35,39)/t31-/m0/s1. The maximum atomic E-state index is 14.2. The summed E-state index contributed by atoms with van der Waals surface area (Å²) in [5.74, 6) is -1.51. The van der Waals surface area contributed by atoms with Gasteiger partial charge in [0.2, 0.25) is 11.8 Å². The fourth-order valence-electron chi connectivity index (χ4n) is 4.58. The minimum Gasteiger partial charge on any atom is -0.357 e. The number of nitrogens with one attached hydrogen (secondary N) is 1. The number of halogens is 1. The maximum Gasteiger partial charge on any atom is 0.264 e. The second-order valence-corrected chi connectivity index (χ2v) is 12.0. The third-order valence-corrected chi connectivity index (χ3v) is 8.78. The summed E-state index contributed by atoms with van der Waals surface area (Å²) in [6.45, 7) is 3.34. The van der Waals surface area contributed by atoms with E-state index in [1.54, 1.807) is 24.3 Å². The molecule has 42 heavy (non-hydrogen) atoms. The van der Waals surface area contributed by atoms with Crippen LogP contribution in [0.4, 0.5) is 10.1 Å². The molecule has 4 aromatic rings. The molecule has 0 saturated heterocycles. The number of hydrogen-bond acceptors (Lipinski definition) is 4. The summed E-state index contributed by atoms with van der Waals surface area (Å²) in [5.41, 5.74) is 3.86. The van der Waals surface area contributed by atoms with Gasteiger partial charge in [0.05, 0.1) is 10.6 Å². The first-order chi connectivity index (χ1) is 20.1. The van der Waals surface area contributed by atoms with Crippen LogP contribution in [0.2, 0.25) is 0 Å². The lowest BCUT2D eigenvalue weighted by Crippen LogP contribution is -2.53. The van der Waals surface area contributed by atoms with E-state index in [1.165, 1.54) is 24.1 Å². The van der Waals surface area contributed by atoms with E-state index in [9.17, 15) is 22.4 Å². The number of rotatable bonds is 11. The Bertz CT molecular complexity index is 1610. The van der Waals surface area contributed by atoms with Crippen LogP contribution in [0.3, 0.4) is 0 Å². The molecule has 0 aliphatic heterocycles. The summed E-state index contributed by atoms with van der Waals surface area (Å²) in [5, 5.41) is 2.67. The van der Waals surface area contributed by atoms with E-state index in [-0.39, 0.29) is 29.5 Å². The third kappa shape index (κ3) is 7.41. The van der Waals surface area contributed by atoms with Crippen molar-refractivity contribution in [1.29, 1.82) is 0 Å². The van der Waals surface area contributed by atoms with Crippen LogP contribution in [0.15, 0.2) is 108 Å². The van der Waals surface area contributed by atoms with Gasteiger partial charge in [-0.05, 0) is 61.4 Å². The molecule has 218 valence electrons. The summed E-state index contributed by atoms with van der Waals surface area (Å²) in [4.78, 5) is 28.8. The molecule has 0 aromatic heterocycles. The van der Waals surface area contributed by atoms with Gasteiger partial charge in [-0.2, -0.15) is 0 Å². The van der Waals surface area contributed by atoms with E-state index in [1.807, 2.05) is 68.4 Å². The summed E-state index contributed by atoms with van der Waals surface area (Å²) in [6.07, 6.45) is 0.230. The Kier molecular flexibility index (Phi) is 9.75. The van der Waals surface area contributed by atoms with Crippen LogP contribution < -0.4 is 9.62 Å². The molecular weight excluding hydrogens is 553 g/mol. The highest BCUT2D eigenvalue weighted by Crippen LogP contribution is 2.26. The Morgan fingerprint density at radius 3 is 1.93 bits per heavy atom. The SMILES string of the molecule is CNC(=O)[C@H](Cc1ccccc1)N(Cc1ccc(C)cc1)C(=O)CN(c1ccc(C)cc1)S(=O)(=O)c1ccc(F)cc1. The molecule has 1 N–H and O–H groups in total. The molecule has 4 aromatic carbocycles. The zero-order valence-corrected chi connectivity index (χ0v) is 24.6. The smallest absolute Gasteiger partial charge is 0.264 e. The second-order valence-electron chi connectivity index (χ2n) is 10.1. The van der Waals surface area contributed by atoms with Crippen molar-refractivity contribution < 1.29 is 22.4 Å². The average molecular weight is 588 g/mol. The zero-order chi connectivity index (χ0) is 30.3. The summed E-state index contributed by atoms with van der Waals surface area (Å²) in [7, 11) is -2.78. The Hall–Kier alpha value is -4.50. The average Bonchev–Trinajstić information content (AvgIpc) is 2.99. The Morgan fingerprint density at radius 2 is 1.36 bits per heavy atom. The number of aryl methyl sites for hydroxylation is 2. The minimum absolute atomic E-state index is 0.0857. The topological polar surface area (TPSA) is 86.8 Å². The lowest BCUT2D eigenvalue weighted by atomic mass is 10.0. The molecule has 0 unspecified atom stereocenters. The number of benzene rings is 4. The molecule has 0 saturated carbocycles. The lowest BCUT2D eigenvalue weighted by Gasteiger charge is -2.33. The van der Waals surface area contributed by atoms with Gasteiger partial charge in [0.1, 0.15) is 18.4 Å². The number of hydrogen-bond donors (Lipinski definition) is 1. The zero-order valence-electron chi connectivity index (χ0n) is 23.8. The number of carbonyl (C=O) groups excluding carboxylic acids is 2. The molecule has 0 radical (unpaired) electrons. The minimum atomic E-state index is -4.28. The monoisotopic (exact) mass is 587 g/mol. The van der Waals surface area contributed by atoms with E-state index in [0.717, 1.165) is 38.7 Å². The highest BCUT2D eigenvalue weighted by Gasteiger charge is 2.34. The first-order valence-electron chi connectivity index (χ1n) is 13.5. The molecule has 7 nitrogen and oxygen atoms in total. The van der Waals surface area contributed by atoms with Crippen LogP contribution >= 0.6 is 0 Å². The molecule has 2 amide bonds. The summed E-state index contributed by atoms with van der Waals surface area (Å²) in [6, 6.07) is 27.2. The van der Waals surface area contributed by atoms with E-state index in [4.69, 9.17) is 0 Å². The van der Waals surface area contributed by atoms with Gasteiger partial charge < -0.3 is 10.2 Å². The Morgan fingerprint density at radius 1 is 0.786 bits per heavy atom. The van der Waals surface area contributed by atoms with Gasteiger partial charge in [0, 0.05) is 20.0 Å². The predicted octanol–water partition coefficient (Wildman–Crippen LogP) is 5.02. The quantitative estimate of drug-likeness (QED) is 0.267. The van der Waals surface area contributed by atoms with Crippen LogP contribution in [0.1, 0.15) is 22.3 Å². The van der Waals surface area contributed by atoms with Crippen LogP contribution in [0, 0.1) is 19.7 Å². The molecule has 4 rings (SSSR count). The predicted molar refractivity (Wildman–Crippen MR) is 162 cm³/mol. The highest BCUT2D eigenvalue weighted by atomic mass is 32.2. The van der Waals surface area contributed by atoms with Gasteiger partial charge in [-0.15, -0.1) is 0 Å². The molecule has 0 fully saturated rings. The van der Waals surface area contributed by atoms with E-state index >= 15 is 0 Å². The number of likely N-dealkylation sites (N-methyl/N-ethyl adjacent to an activating group) is 1. The van der Waals surface area contributed by atoms with Crippen molar-refractivity contribution in [2.45, 2.75) is 37.8 Å². The Labute approximate surface area is 246 Å². The molecule has 0 spiro atoms. The maximum absolute atomic E-state index is 14.2. The van der Waals surface area contributed by atoms with Crippen molar-refractivity contribution >= 4 is 27.5 Å². The van der Waals surface area contributed by atoms with Crippen molar-refractivity contribution in [2.24, 2.45) is 0 Å². The number of anilines is 1. The van der Waals surface area contributed by atoms with Crippen LogP contribution in [0.5, 0.6) is 0 Å². The van der Waals surface area contributed by atoms with Crippen LogP contribution in [-0.2, 0) is 32.6 Å². The number of carbonyl (C=O) groups is 2. The second kappa shape index (κ2) is 13.4. The number of amides is 2. The fraction of sp³-hybridized carbons (Fsp3) is 0.212. The van der Waals surface area contributed by atoms with E-state index in [2.05, 4.69) is 5.32 Å². The van der Waals surface area contributed by atoms with Crippen molar-refractivity contribution in [3.8, 4) is 0 Å². The van der Waals surface area contributed by atoms with Gasteiger partial charge in [-0.1, -0.05) is 77.9 Å². The van der Waals surface area contributed by atoms with E-state index in [0.29, 0.717) is 0 Å². The molecule has 0 aliphatic rings. The van der Waals surface area contributed by atoms with Gasteiger partial charge in [0.15, 0.2) is 0 Å². The molecule has 0 bridgehead atoms. The molecule has 0 aliphatic carbocycles. The summed E-state index contributed by atoms with van der Waals surface area (Å²) >= 11 is 0. The van der Waals surface area contributed by atoms with Crippen molar-refractivity contribution in [2.75, 3.05) is 17.9 Å². The molecule has 0 heterocycles. The number of sulfonamides is 1. The van der Waals surface area contributed by atoms with Crippen molar-refractivity contribution in [3.05, 3.63) is 131 Å². The molecular formula is C33H34FN3O4S. The van der Waals surface area contributed by atoms with Gasteiger partial charge >= 0.3 is 0 Å². The molecule has 9 heteroatoms. The van der Waals surface area contributed by atoms with Crippen molar-refractivity contribution in [3.63, 3.8) is 0 Å². The van der Waals surface area contributed by atoms with Gasteiger partial charge in [0.25, 0.3) is 10.0 Å². The van der Waals surface area contributed by atoms with Crippen molar-refractivity contribution in [1.82, 2.24) is 10.2 Å². The van der Waals surface area contributed by atoms with Gasteiger partial charge in [-0.25, -0.2) is 12.8 Å².